The lowest BCUT2D eigenvalue weighted by atomic mass is 9.92. The molecule has 2 heterocycles. The van der Waals surface area contributed by atoms with Gasteiger partial charge >= 0.3 is 12.2 Å². The number of aryl methyl sites for hydroxylation is 2. The minimum absolute atomic E-state index is 0.0424. The quantitative estimate of drug-likeness (QED) is 0.245. The molecule has 3 fully saturated rings. The van der Waals surface area contributed by atoms with Gasteiger partial charge in [-0.05, 0) is 110 Å². The van der Waals surface area contributed by atoms with Gasteiger partial charge in [-0.2, -0.15) is 0 Å². The summed E-state index contributed by atoms with van der Waals surface area (Å²) in [7, 11) is 3.81. The monoisotopic (exact) mass is 708 g/mol. The van der Waals surface area contributed by atoms with Gasteiger partial charge in [-0.25, -0.2) is 14.6 Å². The van der Waals surface area contributed by atoms with Crippen molar-refractivity contribution in [2.75, 3.05) is 33.2 Å². The molecule has 1 saturated heterocycles. The highest BCUT2D eigenvalue weighted by Crippen LogP contribution is 2.39. The second-order valence-corrected chi connectivity index (χ2v) is 13.5. The number of rotatable bonds is 9. The van der Waals surface area contributed by atoms with Crippen LogP contribution in [0.4, 0.5) is 9.59 Å². The highest BCUT2D eigenvalue weighted by atomic mass is 35.5. The van der Waals surface area contributed by atoms with Crippen molar-refractivity contribution in [2.24, 2.45) is 13.0 Å². The third-order valence-electron chi connectivity index (χ3n) is 9.46. The summed E-state index contributed by atoms with van der Waals surface area (Å²) < 4.78 is 13.2. The number of piperazine rings is 1. The summed E-state index contributed by atoms with van der Waals surface area (Å²) in [4.78, 5) is 30.9. The number of hydrogen-bond acceptors (Lipinski definition) is 7. The molecule has 1 unspecified atom stereocenters. The van der Waals surface area contributed by atoms with Gasteiger partial charge in [0.05, 0.1) is 24.3 Å². The molecule has 274 valence electrons. The molecule has 3 aliphatic carbocycles. The van der Waals surface area contributed by atoms with Gasteiger partial charge in [0, 0.05) is 45.3 Å². The zero-order chi connectivity index (χ0) is 35.9. The highest BCUT2D eigenvalue weighted by Gasteiger charge is 2.34. The van der Waals surface area contributed by atoms with Crippen molar-refractivity contribution in [2.45, 2.75) is 96.8 Å². The van der Waals surface area contributed by atoms with E-state index >= 15 is 0 Å². The fourth-order valence-electron chi connectivity index (χ4n) is 6.60. The number of amides is 2. The van der Waals surface area contributed by atoms with E-state index in [1.807, 2.05) is 56.9 Å². The van der Waals surface area contributed by atoms with Crippen LogP contribution >= 0.6 is 11.6 Å². The lowest BCUT2D eigenvalue weighted by molar-refractivity contribution is 0.0621. The maximum Gasteiger partial charge on any atom is 0.410 e. The molecule has 0 bridgehead atoms. The first-order valence-electron chi connectivity index (χ1n) is 18.5. The summed E-state index contributed by atoms with van der Waals surface area (Å²) in [6.45, 7) is 9.41. The van der Waals surface area contributed by atoms with Gasteiger partial charge in [-0.3, -0.25) is 0 Å². The van der Waals surface area contributed by atoms with Crippen LogP contribution in [0.2, 0.25) is 5.02 Å². The van der Waals surface area contributed by atoms with Crippen LogP contribution in [0.25, 0.3) is 5.57 Å². The number of nitrogens with one attached hydrogen (secondary N) is 3. The summed E-state index contributed by atoms with van der Waals surface area (Å²) in [5.41, 5.74) is 5.25. The van der Waals surface area contributed by atoms with Crippen LogP contribution in [0.5, 0.6) is 0 Å². The molecule has 1 aromatic heterocycles. The minimum Gasteiger partial charge on any atom is -0.446 e. The number of fused-ring (bicyclic) bond motifs is 1. The van der Waals surface area contributed by atoms with Crippen molar-refractivity contribution in [3.63, 3.8) is 0 Å². The first kappa shape index (κ1) is 39.0. The number of imidazole rings is 1. The molecule has 2 atom stereocenters. The zero-order valence-electron chi connectivity index (χ0n) is 30.6. The van der Waals surface area contributed by atoms with Crippen molar-refractivity contribution >= 4 is 29.4 Å². The maximum absolute atomic E-state index is 13.1. The second kappa shape index (κ2) is 20.2. The van der Waals surface area contributed by atoms with E-state index in [-0.39, 0.29) is 18.3 Å². The van der Waals surface area contributed by atoms with Crippen LogP contribution < -0.4 is 16.0 Å². The van der Waals surface area contributed by atoms with E-state index in [0.717, 1.165) is 88.0 Å². The number of alkyl carbamates (subject to hydrolysis) is 1. The first-order valence-corrected chi connectivity index (χ1v) is 18.9. The standard InChI is InChI=1S/C27H33ClN4O2.C10H18N2O2.C2H6/c1-4-25(20-9-10-20)34-27(33)31-26(24-16-30-17-32(24)3)23-14-18(6-5-13-29-2)7-8-19-11-12-21(28)15-22(19)23;13-10(12-7-5-11-6-8-12)14-9-3-1-2-4-9;1-2/h5-6,11-17,20,25-26,29H,4,7-10H2,1-3H3,(H,31,33);9,11H,1-8H2;1-2H3/b13-5-,18-6+;;/t25?,26-;;/m1../s1. The Labute approximate surface area is 303 Å². The third kappa shape index (κ3) is 11.4. The molecule has 1 aromatic carbocycles. The number of ether oxygens (including phenoxy) is 2. The average molecular weight is 709 g/mol. The SMILES string of the molecule is CC.CCC(OC(=O)N[C@H](C1=C/C(=C/C=C\NC)CCc2ccc(Cl)cc21)c1cncn1C)C1CC1.O=C(OC1CCCC1)N1CCNCC1. The smallest absolute Gasteiger partial charge is 0.410 e. The normalized spacial score (nSPS) is 19.5. The van der Waals surface area contributed by atoms with Crippen LogP contribution in [0.3, 0.4) is 0 Å². The topological polar surface area (TPSA) is 110 Å². The van der Waals surface area contributed by atoms with E-state index in [0.29, 0.717) is 10.9 Å². The van der Waals surface area contributed by atoms with Gasteiger partial charge in [0.2, 0.25) is 0 Å². The summed E-state index contributed by atoms with van der Waals surface area (Å²) in [5, 5.41) is 10.1. The number of aromatic nitrogens is 2. The Balaban J connectivity index is 0.000000291. The van der Waals surface area contributed by atoms with E-state index in [2.05, 4.69) is 46.1 Å². The Morgan fingerprint density at radius 2 is 1.86 bits per heavy atom. The first-order chi connectivity index (χ1) is 24.4. The molecule has 2 amide bonds. The molecule has 0 radical (unpaired) electrons. The molecule has 2 aromatic rings. The molecule has 0 spiro atoms. The summed E-state index contributed by atoms with van der Waals surface area (Å²) in [6, 6.07) is 5.56. The lowest BCUT2D eigenvalue weighted by Gasteiger charge is -2.27. The predicted octanol–water partition coefficient (Wildman–Crippen LogP) is 7.72. The van der Waals surface area contributed by atoms with Gasteiger partial charge in [0.1, 0.15) is 12.2 Å². The van der Waals surface area contributed by atoms with Crippen LogP contribution in [0.1, 0.15) is 95.0 Å². The van der Waals surface area contributed by atoms with Gasteiger partial charge < -0.3 is 34.9 Å². The molecule has 4 aliphatic rings. The average Bonchev–Trinajstić information content (AvgIpc) is 3.74. The summed E-state index contributed by atoms with van der Waals surface area (Å²) in [5.74, 6) is 0.482. The molecule has 11 heteroatoms. The molecule has 2 saturated carbocycles. The minimum atomic E-state index is -0.441. The number of hydrogen-bond donors (Lipinski definition) is 3. The fraction of sp³-hybridized carbons (Fsp3) is 0.564. The Hall–Kier alpha value is -3.76. The van der Waals surface area contributed by atoms with Crippen LogP contribution in [-0.2, 0) is 22.9 Å². The number of carbonyl (C=O) groups is 2. The van der Waals surface area contributed by atoms with Crippen molar-refractivity contribution in [3.8, 4) is 0 Å². The van der Waals surface area contributed by atoms with Gasteiger partial charge in [-0.1, -0.05) is 50.6 Å². The highest BCUT2D eigenvalue weighted by molar-refractivity contribution is 6.30. The van der Waals surface area contributed by atoms with E-state index in [1.54, 1.807) is 17.4 Å². The molecule has 6 rings (SSSR count). The molecule has 50 heavy (non-hydrogen) atoms. The van der Waals surface area contributed by atoms with E-state index in [4.69, 9.17) is 21.1 Å². The number of allylic oxidation sites excluding steroid dienone is 4. The van der Waals surface area contributed by atoms with E-state index < -0.39 is 12.1 Å². The molecular weight excluding hydrogens is 652 g/mol. The van der Waals surface area contributed by atoms with Gasteiger partial charge in [0.25, 0.3) is 0 Å². The van der Waals surface area contributed by atoms with Crippen molar-refractivity contribution in [3.05, 3.63) is 82.6 Å². The Bertz CT molecular complexity index is 1470. The lowest BCUT2D eigenvalue weighted by Crippen LogP contribution is -2.47. The number of carbonyl (C=O) groups excluding carboxylic acids is 2. The van der Waals surface area contributed by atoms with Crippen molar-refractivity contribution in [1.82, 2.24) is 30.4 Å². The molecule has 10 nitrogen and oxygen atoms in total. The number of nitrogens with zero attached hydrogens (tertiary/aromatic N) is 3. The molecule has 1 aliphatic heterocycles. The fourth-order valence-corrected chi connectivity index (χ4v) is 6.77. The summed E-state index contributed by atoms with van der Waals surface area (Å²) >= 11 is 6.44. The van der Waals surface area contributed by atoms with Crippen LogP contribution in [-0.4, -0.2) is 72.1 Å². The number of benzene rings is 1. The van der Waals surface area contributed by atoms with Crippen molar-refractivity contribution in [1.29, 1.82) is 0 Å². The summed E-state index contributed by atoms with van der Waals surface area (Å²) in [6.07, 6.45) is 20.7. The second-order valence-electron chi connectivity index (χ2n) is 13.0. The maximum atomic E-state index is 13.1. The predicted molar refractivity (Wildman–Crippen MR) is 201 cm³/mol. The van der Waals surface area contributed by atoms with Crippen molar-refractivity contribution < 1.29 is 19.1 Å². The Kier molecular flexibility index (Phi) is 15.8. The van der Waals surface area contributed by atoms with E-state index in [9.17, 15) is 9.59 Å². The van der Waals surface area contributed by atoms with E-state index in [1.165, 1.54) is 24.0 Å². The molecular formula is C39H57ClN6O4. The van der Waals surface area contributed by atoms with Gasteiger partial charge in [-0.15, -0.1) is 0 Å². The molecule has 3 N–H and O–H groups in total. The van der Waals surface area contributed by atoms with Crippen LogP contribution in [0.15, 0.2) is 60.7 Å². The Morgan fingerprint density at radius 1 is 1.12 bits per heavy atom. The third-order valence-corrected chi connectivity index (χ3v) is 9.69. The van der Waals surface area contributed by atoms with Crippen LogP contribution in [0, 0.1) is 5.92 Å². The van der Waals surface area contributed by atoms with Gasteiger partial charge in [0.15, 0.2) is 0 Å². The largest absolute Gasteiger partial charge is 0.446 e. The Morgan fingerprint density at radius 3 is 2.50 bits per heavy atom. The zero-order valence-corrected chi connectivity index (χ0v) is 31.3. The number of halogens is 1.